The molecule has 0 amide bonds. The van der Waals surface area contributed by atoms with Gasteiger partial charge >= 0.3 is 0 Å². The van der Waals surface area contributed by atoms with Crippen LogP contribution in [0.15, 0.2) is 6.20 Å². The van der Waals surface area contributed by atoms with Crippen LogP contribution < -0.4 is 5.73 Å². The van der Waals surface area contributed by atoms with Gasteiger partial charge in [-0.15, -0.1) is 0 Å². The highest BCUT2D eigenvalue weighted by molar-refractivity contribution is 5.39. The predicted molar refractivity (Wildman–Crippen MR) is 47.6 cm³/mol. The van der Waals surface area contributed by atoms with E-state index in [1.807, 2.05) is 7.05 Å². The zero-order valence-electron chi connectivity index (χ0n) is 7.58. The average molecular weight is 169 g/mol. The Morgan fingerprint density at radius 2 is 2.42 bits per heavy atom. The van der Waals surface area contributed by atoms with Crippen molar-refractivity contribution < 1.29 is 4.74 Å². The molecule has 12 heavy (non-hydrogen) atoms. The first kappa shape index (κ1) is 9.06. The van der Waals surface area contributed by atoms with Crippen molar-refractivity contribution in [3.63, 3.8) is 0 Å². The maximum Gasteiger partial charge on any atom is 0.111 e. The number of nitrogens with two attached hydrogens (primary N) is 1. The second-order valence-electron chi connectivity index (χ2n) is 2.76. The monoisotopic (exact) mass is 169 g/mol. The van der Waals surface area contributed by atoms with Gasteiger partial charge in [-0.25, -0.2) is 0 Å². The van der Waals surface area contributed by atoms with Crippen molar-refractivity contribution in [2.45, 2.75) is 20.0 Å². The molecule has 68 valence electrons. The molecule has 1 aromatic heterocycles. The lowest BCUT2D eigenvalue weighted by Crippen LogP contribution is -1.98. The summed E-state index contributed by atoms with van der Waals surface area (Å²) in [6.07, 6.45) is 2.80. The van der Waals surface area contributed by atoms with Crippen LogP contribution in [-0.2, 0) is 18.4 Å². The molecule has 0 spiro atoms. The van der Waals surface area contributed by atoms with Gasteiger partial charge in [-0.05, 0) is 6.42 Å². The Kier molecular flexibility index (Phi) is 3.10. The Bertz CT molecular complexity index is 244. The van der Waals surface area contributed by atoms with Crippen molar-refractivity contribution >= 4 is 5.69 Å². The molecule has 0 aromatic carbocycles. The number of aryl methyl sites for hydroxylation is 1. The number of anilines is 1. The first-order chi connectivity index (χ1) is 5.74. The van der Waals surface area contributed by atoms with E-state index in [4.69, 9.17) is 10.5 Å². The molecule has 0 radical (unpaired) electrons. The Hall–Kier alpha value is -1.03. The van der Waals surface area contributed by atoms with Crippen molar-refractivity contribution in [2.24, 2.45) is 7.05 Å². The van der Waals surface area contributed by atoms with Gasteiger partial charge in [-0.3, -0.25) is 4.68 Å². The van der Waals surface area contributed by atoms with Crippen LogP contribution in [0.3, 0.4) is 0 Å². The lowest BCUT2D eigenvalue weighted by Gasteiger charge is -1.98. The molecular weight excluding hydrogens is 154 g/mol. The summed E-state index contributed by atoms with van der Waals surface area (Å²) in [5.74, 6) is 0. The van der Waals surface area contributed by atoms with E-state index in [0.717, 1.165) is 18.7 Å². The summed E-state index contributed by atoms with van der Waals surface area (Å²) in [6, 6.07) is 0. The number of rotatable bonds is 4. The zero-order valence-corrected chi connectivity index (χ0v) is 7.58. The number of ether oxygens (including phenoxy) is 1. The third-order valence-electron chi connectivity index (χ3n) is 1.52. The first-order valence-corrected chi connectivity index (χ1v) is 4.09. The molecule has 0 aliphatic heterocycles. The van der Waals surface area contributed by atoms with E-state index in [-0.39, 0.29) is 0 Å². The predicted octanol–water partition coefficient (Wildman–Crippen LogP) is 0.929. The van der Waals surface area contributed by atoms with E-state index < -0.39 is 0 Å². The lowest BCUT2D eigenvalue weighted by molar-refractivity contribution is 0.119. The normalized spacial score (nSPS) is 10.5. The van der Waals surface area contributed by atoms with Gasteiger partial charge in [0.25, 0.3) is 0 Å². The number of hydrogen-bond acceptors (Lipinski definition) is 3. The summed E-state index contributed by atoms with van der Waals surface area (Å²) in [7, 11) is 1.85. The minimum Gasteiger partial charge on any atom is -0.396 e. The van der Waals surface area contributed by atoms with Gasteiger partial charge in [-0.1, -0.05) is 6.92 Å². The standard InChI is InChI=1S/C8H15N3O/c1-3-4-12-6-8-7(9)5-11(2)10-8/h5H,3-4,6,9H2,1-2H3. The van der Waals surface area contributed by atoms with Crippen LogP contribution >= 0.6 is 0 Å². The Balaban J connectivity index is 2.45. The Labute approximate surface area is 72.3 Å². The maximum atomic E-state index is 5.66. The van der Waals surface area contributed by atoms with E-state index in [1.54, 1.807) is 10.9 Å². The van der Waals surface area contributed by atoms with E-state index in [0.29, 0.717) is 12.3 Å². The Morgan fingerprint density at radius 3 is 2.92 bits per heavy atom. The number of aromatic nitrogens is 2. The highest BCUT2D eigenvalue weighted by Crippen LogP contribution is 2.08. The molecule has 1 rings (SSSR count). The zero-order chi connectivity index (χ0) is 8.97. The molecule has 1 heterocycles. The minimum atomic E-state index is 0.514. The number of hydrogen-bond donors (Lipinski definition) is 1. The van der Waals surface area contributed by atoms with Crippen molar-refractivity contribution in [3.8, 4) is 0 Å². The summed E-state index contributed by atoms with van der Waals surface area (Å²) in [4.78, 5) is 0. The molecule has 1 aromatic rings. The van der Waals surface area contributed by atoms with E-state index in [9.17, 15) is 0 Å². The van der Waals surface area contributed by atoms with Crippen LogP contribution in [0, 0.1) is 0 Å². The molecule has 4 nitrogen and oxygen atoms in total. The molecule has 0 atom stereocenters. The topological polar surface area (TPSA) is 53.1 Å². The molecule has 0 unspecified atom stereocenters. The summed E-state index contributed by atoms with van der Waals surface area (Å²) >= 11 is 0. The van der Waals surface area contributed by atoms with Crippen LogP contribution in [0.5, 0.6) is 0 Å². The van der Waals surface area contributed by atoms with E-state index in [1.165, 1.54) is 0 Å². The fourth-order valence-electron chi connectivity index (χ4n) is 0.978. The molecule has 0 saturated carbocycles. The minimum absolute atomic E-state index is 0.514. The third-order valence-corrected chi connectivity index (χ3v) is 1.52. The smallest absolute Gasteiger partial charge is 0.111 e. The van der Waals surface area contributed by atoms with Gasteiger partial charge in [0.05, 0.1) is 12.3 Å². The number of nitrogen functional groups attached to an aromatic ring is 1. The van der Waals surface area contributed by atoms with Gasteiger partial charge in [0.15, 0.2) is 0 Å². The van der Waals surface area contributed by atoms with Gasteiger partial charge in [-0.2, -0.15) is 5.10 Å². The first-order valence-electron chi connectivity index (χ1n) is 4.09. The molecule has 4 heteroatoms. The van der Waals surface area contributed by atoms with E-state index in [2.05, 4.69) is 12.0 Å². The summed E-state index contributed by atoms with van der Waals surface area (Å²) in [5, 5.41) is 4.15. The highest BCUT2D eigenvalue weighted by atomic mass is 16.5. The van der Waals surface area contributed by atoms with Crippen molar-refractivity contribution in [2.75, 3.05) is 12.3 Å². The third kappa shape index (κ3) is 2.23. The fraction of sp³-hybridized carbons (Fsp3) is 0.625. The number of nitrogens with zero attached hydrogens (tertiary/aromatic N) is 2. The van der Waals surface area contributed by atoms with Gasteiger partial charge in [0.2, 0.25) is 0 Å². The molecule has 0 aliphatic carbocycles. The Morgan fingerprint density at radius 1 is 1.67 bits per heavy atom. The van der Waals surface area contributed by atoms with Crippen LogP contribution in [0.2, 0.25) is 0 Å². The lowest BCUT2D eigenvalue weighted by atomic mass is 10.4. The maximum absolute atomic E-state index is 5.66. The van der Waals surface area contributed by atoms with Gasteiger partial charge < -0.3 is 10.5 Å². The molecule has 2 N–H and O–H groups in total. The highest BCUT2D eigenvalue weighted by Gasteiger charge is 2.02. The van der Waals surface area contributed by atoms with E-state index >= 15 is 0 Å². The molecular formula is C8H15N3O. The second-order valence-corrected chi connectivity index (χ2v) is 2.76. The van der Waals surface area contributed by atoms with Crippen LogP contribution in [-0.4, -0.2) is 16.4 Å². The molecule has 0 saturated heterocycles. The molecule has 0 aliphatic rings. The van der Waals surface area contributed by atoms with Gasteiger partial charge in [0, 0.05) is 19.9 Å². The molecule has 0 bridgehead atoms. The van der Waals surface area contributed by atoms with Crippen LogP contribution in [0.1, 0.15) is 19.0 Å². The quantitative estimate of drug-likeness (QED) is 0.682. The molecule has 0 fully saturated rings. The van der Waals surface area contributed by atoms with Crippen molar-refractivity contribution in [1.29, 1.82) is 0 Å². The summed E-state index contributed by atoms with van der Waals surface area (Å²) in [5.41, 5.74) is 7.19. The fourth-order valence-corrected chi connectivity index (χ4v) is 0.978. The second kappa shape index (κ2) is 4.11. The van der Waals surface area contributed by atoms with Crippen molar-refractivity contribution in [1.82, 2.24) is 9.78 Å². The SMILES string of the molecule is CCCOCc1nn(C)cc1N. The van der Waals surface area contributed by atoms with Gasteiger partial charge in [0.1, 0.15) is 5.69 Å². The summed E-state index contributed by atoms with van der Waals surface area (Å²) in [6.45, 7) is 3.35. The largest absolute Gasteiger partial charge is 0.396 e. The van der Waals surface area contributed by atoms with Crippen molar-refractivity contribution in [3.05, 3.63) is 11.9 Å². The summed E-state index contributed by atoms with van der Waals surface area (Å²) < 4.78 is 7.00. The average Bonchev–Trinajstić information content (AvgIpc) is 2.31. The van der Waals surface area contributed by atoms with Crippen LogP contribution in [0.25, 0.3) is 0 Å². The van der Waals surface area contributed by atoms with Crippen LogP contribution in [0.4, 0.5) is 5.69 Å².